The number of rotatable bonds is 10. The molecule has 0 fully saturated rings. The van der Waals surface area contributed by atoms with E-state index in [1.165, 1.54) is 11.3 Å². The number of unbranched alkanes of at least 4 members (excludes halogenated alkanes) is 1. The largest absolute Gasteiger partial charge is 0.462 e. The van der Waals surface area contributed by atoms with Crippen molar-refractivity contribution in [2.24, 2.45) is 0 Å². The van der Waals surface area contributed by atoms with Crippen LogP contribution in [0.25, 0.3) is 0 Å². The number of amides is 1. The molecule has 2 aromatic rings. The van der Waals surface area contributed by atoms with Crippen LogP contribution in [0.3, 0.4) is 0 Å². The van der Waals surface area contributed by atoms with Crippen LogP contribution in [-0.2, 0) is 27.1 Å². The summed E-state index contributed by atoms with van der Waals surface area (Å²) in [5.41, 5.74) is 2.70. The van der Waals surface area contributed by atoms with Crippen molar-refractivity contribution < 1.29 is 23.9 Å². The molecule has 0 saturated carbocycles. The number of hydrogen-bond donors (Lipinski definition) is 2. The fraction of sp³-hybridized carbons (Fsp3) is 0.458. The second kappa shape index (κ2) is 11.7. The highest BCUT2D eigenvalue weighted by molar-refractivity contribution is 7.17. The Balaban J connectivity index is 1.59. The zero-order valence-electron chi connectivity index (χ0n) is 18.6. The fourth-order valence-electron chi connectivity index (χ4n) is 3.54. The number of esters is 2. The van der Waals surface area contributed by atoms with Gasteiger partial charge in [-0.2, -0.15) is 0 Å². The van der Waals surface area contributed by atoms with Crippen LogP contribution in [0.15, 0.2) is 24.3 Å². The monoisotopic (exact) mass is 458 g/mol. The Morgan fingerprint density at radius 1 is 1.00 bits per heavy atom. The van der Waals surface area contributed by atoms with Crippen LogP contribution in [0.2, 0.25) is 0 Å². The number of ether oxygens (including phenoxy) is 2. The summed E-state index contributed by atoms with van der Waals surface area (Å²) in [4.78, 5) is 38.2. The van der Waals surface area contributed by atoms with E-state index in [4.69, 9.17) is 9.47 Å². The lowest BCUT2D eigenvalue weighted by Crippen LogP contribution is -2.22. The van der Waals surface area contributed by atoms with Crippen LogP contribution in [0, 0.1) is 0 Å². The highest BCUT2D eigenvalue weighted by atomic mass is 32.1. The van der Waals surface area contributed by atoms with Gasteiger partial charge in [0.2, 0.25) is 5.91 Å². The minimum absolute atomic E-state index is 0.0329. The lowest BCUT2D eigenvalue weighted by molar-refractivity contribution is -0.114. The molecule has 32 heavy (non-hydrogen) atoms. The fourth-order valence-corrected chi connectivity index (χ4v) is 4.84. The molecule has 1 aliphatic carbocycles. The lowest BCUT2D eigenvalue weighted by Gasteiger charge is -2.12. The van der Waals surface area contributed by atoms with Crippen molar-refractivity contribution in [1.29, 1.82) is 0 Å². The lowest BCUT2D eigenvalue weighted by atomic mass is 9.95. The number of aryl methyl sites for hydroxylation is 1. The summed E-state index contributed by atoms with van der Waals surface area (Å²) in [5.74, 6) is -0.982. The number of nitrogens with one attached hydrogen (secondary N) is 2. The topological polar surface area (TPSA) is 93.7 Å². The van der Waals surface area contributed by atoms with Gasteiger partial charge >= 0.3 is 11.9 Å². The van der Waals surface area contributed by atoms with E-state index in [1.807, 2.05) is 6.92 Å². The number of fused-ring (bicyclic) bond motifs is 1. The first-order valence-electron chi connectivity index (χ1n) is 11.2. The average molecular weight is 459 g/mol. The first-order valence-corrected chi connectivity index (χ1v) is 12.0. The van der Waals surface area contributed by atoms with Crippen molar-refractivity contribution in [3.05, 3.63) is 45.8 Å². The van der Waals surface area contributed by atoms with E-state index in [0.717, 1.165) is 49.0 Å². The Morgan fingerprint density at radius 2 is 1.75 bits per heavy atom. The number of carbonyl (C=O) groups is 3. The van der Waals surface area contributed by atoms with Crippen LogP contribution < -0.4 is 10.6 Å². The summed E-state index contributed by atoms with van der Waals surface area (Å²) < 4.78 is 10.4. The van der Waals surface area contributed by atoms with Gasteiger partial charge in [-0.05, 0) is 68.9 Å². The molecule has 0 radical (unpaired) electrons. The second-order valence-corrected chi connectivity index (χ2v) is 8.71. The molecule has 1 heterocycles. The maximum absolute atomic E-state index is 12.6. The van der Waals surface area contributed by atoms with Crippen molar-refractivity contribution in [3.8, 4) is 0 Å². The molecular formula is C24H30N2O5S. The maximum atomic E-state index is 12.6. The van der Waals surface area contributed by atoms with Gasteiger partial charge in [-0.25, -0.2) is 9.59 Å². The van der Waals surface area contributed by atoms with Crippen LogP contribution in [0.4, 0.5) is 10.7 Å². The molecule has 7 nitrogen and oxygen atoms in total. The van der Waals surface area contributed by atoms with Gasteiger partial charge in [0.25, 0.3) is 0 Å². The van der Waals surface area contributed by atoms with Crippen LogP contribution in [-0.4, -0.2) is 37.6 Å². The summed E-state index contributed by atoms with van der Waals surface area (Å²) in [5, 5.41) is 6.48. The van der Waals surface area contributed by atoms with Crippen LogP contribution in [0.1, 0.15) is 70.7 Å². The van der Waals surface area contributed by atoms with Crippen LogP contribution in [0.5, 0.6) is 0 Å². The van der Waals surface area contributed by atoms with E-state index < -0.39 is 0 Å². The van der Waals surface area contributed by atoms with Gasteiger partial charge in [0.05, 0.1) is 30.9 Å². The van der Waals surface area contributed by atoms with Crippen LogP contribution >= 0.6 is 11.3 Å². The highest BCUT2D eigenvalue weighted by Crippen LogP contribution is 2.38. The third-order valence-corrected chi connectivity index (χ3v) is 6.42. The first kappa shape index (κ1) is 23.8. The third-order valence-electron chi connectivity index (χ3n) is 5.21. The standard InChI is InChI=1S/C24H30N2O5S/c1-3-5-14-31-23(28)16-10-12-17(13-11-16)25-15-20(27)26-22-21(24(29)30-4-2)18-8-6-7-9-19(18)32-22/h10-13,25H,3-9,14-15H2,1-2H3,(H,26,27). The second-order valence-electron chi connectivity index (χ2n) is 7.60. The number of benzene rings is 1. The zero-order chi connectivity index (χ0) is 22.9. The predicted octanol–water partition coefficient (Wildman–Crippen LogP) is 4.81. The third kappa shape index (κ3) is 6.09. The minimum atomic E-state index is -0.378. The molecule has 0 aliphatic heterocycles. The summed E-state index contributed by atoms with van der Waals surface area (Å²) in [7, 11) is 0. The van der Waals surface area contributed by atoms with Crippen molar-refractivity contribution in [1.82, 2.24) is 0 Å². The molecule has 8 heteroatoms. The van der Waals surface area contributed by atoms with Gasteiger partial charge < -0.3 is 20.1 Å². The van der Waals surface area contributed by atoms with E-state index in [9.17, 15) is 14.4 Å². The van der Waals surface area contributed by atoms with Gasteiger partial charge in [0, 0.05) is 10.6 Å². The highest BCUT2D eigenvalue weighted by Gasteiger charge is 2.27. The Morgan fingerprint density at radius 3 is 2.47 bits per heavy atom. The molecule has 0 atom stereocenters. The molecule has 1 aromatic carbocycles. The average Bonchev–Trinajstić information content (AvgIpc) is 3.16. The molecule has 1 amide bonds. The molecule has 0 unspecified atom stereocenters. The van der Waals surface area contributed by atoms with Gasteiger partial charge in [-0.15, -0.1) is 11.3 Å². The van der Waals surface area contributed by atoms with E-state index in [0.29, 0.717) is 35.0 Å². The molecule has 0 spiro atoms. The van der Waals surface area contributed by atoms with Crippen molar-refractivity contribution in [3.63, 3.8) is 0 Å². The minimum Gasteiger partial charge on any atom is -0.462 e. The molecule has 1 aliphatic rings. The van der Waals surface area contributed by atoms with E-state index in [1.54, 1.807) is 31.2 Å². The summed E-state index contributed by atoms with van der Waals surface area (Å²) >= 11 is 1.47. The molecule has 172 valence electrons. The maximum Gasteiger partial charge on any atom is 0.341 e. The number of thiophene rings is 1. The predicted molar refractivity (Wildman–Crippen MR) is 126 cm³/mol. The Hall–Kier alpha value is -2.87. The van der Waals surface area contributed by atoms with E-state index >= 15 is 0 Å². The zero-order valence-corrected chi connectivity index (χ0v) is 19.4. The quantitative estimate of drug-likeness (QED) is 0.392. The Kier molecular flexibility index (Phi) is 8.67. The SMILES string of the molecule is CCCCOC(=O)c1ccc(NCC(=O)Nc2sc3c(c2C(=O)OCC)CCCC3)cc1. The summed E-state index contributed by atoms with van der Waals surface area (Å²) in [6.07, 6.45) is 5.69. The molecule has 0 saturated heterocycles. The first-order chi connectivity index (χ1) is 15.5. The van der Waals surface area contributed by atoms with Crippen molar-refractivity contribution in [2.45, 2.75) is 52.4 Å². The molecular weight excluding hydrogens is 428 g/mol. The summed E-state index contributed by atoms with van der Waals surface area (Å²) in [6, 6.07) is 6.80. The van der Waals surface area contributed by atoms with Gasteiger partial charge in [0.15, 0.2) is 0 Å². The molecule has 1 aromatic heterocycles. The molecule has 3 rings (SSSR count). The Labute approximate surface area is 192 Å². The molecule has 0 bridgehead atoms. The smallest absolute Gasteiger partial charge is 0.341 e. The number of anilines is 2. The Bertz CT molecular complexity index is 952. The van der Waals surface area contributed by atoms with E-state index in [-0.39, 0.29) is 24.4 Å². The normalized spacial score (nSPS) is 12.6. The van der Waals surface area contributed by atoms with E-state index in [2.05, 4.69) is 10.6 Å². The van der Waals surface area contributed by atoms with Gasteiger partial charge in [-0.1, -0.05) is 13.3 Å². The summed E-state index contributed by atoms with van der Waals surface area (Å²) in [6.45, 7) is 4.55. The van der Waals surface area contributed by atoms with Crippen molar-refractivity contribution >= 4 is 39.9 Å². The number of carbonyl (C=O) groups excluding carboxylic acids is 3. The van der Waals surface area contributed by atoms with Gasteiger partial charge in [0.1, 0.15) is 5.00 Å². The number of hydrogen-bond acceptors (Lipinski definition) is 7. The van der Waals surface area contributed by atoms with Gasteiger partial charge in [-0.3, -0.25) is 4.79 Å². The van der Waals surface area contributed by atoms with Crippen molar-refractivity contribution in [2.75, 3.05) is 30.4 Å². The molecule has 2 N–H and O–H groups in total.